The summed E-state index contributed by atoms with van der Waals surface area (Å²) in [5, 5.41) is 0. The highest BCUT2D eigenvalue weighted by Crippen LogP contribution is 2.31. The quantitative estimate of drug-likeness (QED) is 0.690. The van der Waals surface area contributed by atoms with E-state index >= 15 is 0 Å². The summed E-state index contributed by atoms with van der Waals surface area (Å²) in [5.74, 6) is 0. The summed E-state index contributed by atoms with van der Waals surface area (Å²) >= 11 is 3.16. The molecule has 0 saturated carbocycles. The Morgan fingerprint density at radius 1 is 1.12 bits per heavy atom. The number of aryl methyl sites for hydroxylation is 2. The Labute approximate surface area is 149 Å². The number of hydrogen-bond acceptors (Lipinski definition) is 5. The summed E-state index contributed by atoms with van der Waals surface area (Å²) in [6.45, 7) is 0. The van der Waals surface area contributed by atoms with Gasteiger partial charge in [-0.25, -0.2) is 13.4 Å². The Kier molecular flexibility index (Phi) is 4.02. The van der Waals surface area contributed by atoms with Crippen molar-refractivity contribution < 1.29 is 8.42 Å². The number of hydrogen-bond donors (Lipinski definition) is 1. The highest BCUT2D eigenvalue weighted by molar-refractivity contribution is 8.00. The molecule has 4 nitrogen and oxygen atoms in total. The van der Waals surface area contributed by atoms with Crippen LogP contribution in [0.1, 0.15) is 17.5 Å². The second-order valence-corrected chi connectivity index (χ2v) is 9.52. The molecular weight excluding hydrogens is 360 g/mol. The predicted octanol–water partition coefficient (Wildman–Crippen LogP) is 4.31. The van der Waals surface area contributed by atoms with E-state index in [1.807, 2.05) is 30.5 Å². The third-order valence-electron chi connectivity index (χ3n) is 4.18. The molecule has 1 aromatic heterocycles. The van der Waals surface area contributed by atoms with Gasteiger partial charge >= 0.3 is 0 Å². The number of sulfonamides is 1. The van der Waals surface area contributed by atoms with Gasteiger partial charge in [0.15, 0.2) is 4.34 Å². The Hall–Kier alpha value is -1.57. The molecule has 1 heterocycles. The minimum Gasteiger partial charge on any atom is -0.280 e. The topological polar surface area (TPSA) is 59.1 Å². The summed E-state index contributed by atoms with van der Waals surface area (Å²) in [6, 6.07) is 10.9. The summed E-state index contributed by atoms with van der Waals surface area (Å²) in [5.41, 5.74) is 3.88. The second kappa shape index (κ2) is 6.06. The highest BCUT2D eigenvalue weighted by atomic mass is 32.2. The molecule has 0 atom stereocenters. The molecule has 1 N–H and O–H groups in total. The number of thioether (sulfide) groups is 1. The van der Waals surface area contributed by atoms with Gasteiger partial charge in [0.05, 0.1) is 20.8 Å². The number of benzene rings is 2. The normalized spacial score (nSPS) is 14.0. The minimum absolute atomic E-state index is 0.331. The maximum absolute atomic E-state index is 12.7. The van der Waals surface area contributed by atoms with Gasteiger partial charge < -0.3 is 0 Å². The van der Waals surface area contributed by atoms with E-state index in [2.05, 4.69) is 9.71 Å². The van der Waals surface area contributed by atoms with Crippen molar-refractivity contribution in [2.45, 2.75) is 28.5 Å². The number of nitrogens with zero attached hydrogens (tertiary/aromatic N) is 1. The Morgan fingerprint density at radius 3 is 2.79 bits per heavy atom. The molecule has 0 amide bonds. The van der Waals surface area contributed by atoms with Crippen molar-refractivity contribution in [2.24, 2.45) is 0 Å². The number of nitrogens with one attached hydrogen (secondary N) is 1. The van der Waals surface area contributed by atoms with Crippen molar-refractivity contribution >= 4 is 49.0 Å². The van der Waals surface area contributed by atoms with Crippen molar-refractivity contribution in [1.29, 1.82) is 0 Å². The van der Waals surface area contributed by atoms with E-state index in [0.29, 0.717) is 10.6 Å². The molecule has 0 fully saturated rings. The van der Waals surface area contributed by atoms with Gasteiger partial charge in [0.25, 0.3) is 10.0 Å². The van der Waals surface area contributed by atoms with Crippen LogP contribution in [0.25, 0.3) is 10.2 Å². The van der Waals surface area contributed by atoms with Crippen molar-refractivity contribution in [1.82, 2.24) is 4.98 Å². The zero-order valence-electron chi connectivity index (χ0n) is 13.1. The number of anilines is 1. The van der Waals surface area contributed by atoms with Gasteiger partial charge in [0, 0.05) is 0 Å². The Balaban J connectivity index is 1.66. The lowest BCUT2D eigenvalue weighted by Gasteiger charge is -2.09. The lowest BCUT2D eigenvalue weighted by molar-refractivity contribution is 0.601. The molecule has 0 unspecified atom stereocenters. The van der Waals surface area contributed by atoms with Crippen LogP contribution in [0.5, 0.6) is 0 Å². The molecule has 0 spiro atoms. The van der Waals surface area contributed by atoms with E-state index in [1.165, 1.54) is 5.56 Å². The van der Waals surface area contributed by atoms with Crippen molar-refractivity contribution in [3.63, 3.8) is 0 Å². The third-order valence-corrected chi connectivity index (χ3v) is 7.56. The first kappa shape index (κ1) is 15.9. The number of rotatable bonds is 4. The van der Waals surface area contributed by atoms with Gasteiger partial charge in [-0.2, -0.15) is 0 Å². The Morgan fingerprint density at radius 2 is 1.96 bits per heavy atom. The van der Waals surface area contributed by atoms with Crippen LogP contribution in [0.15, 0.2) is 45.6 Å². The minimum atomic E-state index is -3.57. The van der Waals surface area contributed by atoms with E-state index in [4.69, 9.17) is 0 Å². The zero-order chi connectivity index (χ0) is 16.7. The molecule has 124 valence electrons. The largest absolute Gasteiger partial charge is 0.280 e. The standard InChI is InChI=1S/C17H16N2O2S3/c1-22-17-18-15-8-6-13(10-16(15)23-17)19-24(20,21)14-7-5-11-3-2-4-12(11)9-14/h5-10,19H,2-4H2,1H3. The van der Waals surface area contributed by atoms with Gasteiger partial charge in [-0.15, -0.1) is 11.3 Å². The van der Waals surface area contributed by atoms with E-state index in [9.17, 15) is 8.42 Å². The first-order chi connectivity index (χ1) is 11.5. The van der Waals surface area contributed by atoms with Crippen molar-refractivity contribution in [3.05, 3.63) is 47.5 Å². The van der Waals surface area contributed by atoms with Gasteiger partial charge in [-0.3, -0.25) is 4.72 Å². The predicted molar refractivity (Wildman–Crippen MR) is 101 cm³/mol. The molecule has 2 aromatic carbocycles. The van der Waals surface area contributed by atoms with Crippen molar-refractivity contribution in [2.75, 3.05) is 11.0 Å². The van der Waals surface area contributed by atoms with Crippen LogP contribution in [0.2, 0.25) is 0 Å². The zero-order valence-corrected chi connectivity index (χ0v) is 15.5. The molecule has 3 aromatic rings. The lowest BCUT2D eigenvalue weighted by Crippen LogP contribution is -2.13. The van der Waals surface area contributed by atoms with Gasteiger partial charge in [0.2, 0.25) is 0 Å². The molecule has 4 rings (SSSR count). The third kappa shape index (κ3) is 2.92. The molecular formula is C17H16N2O2S3. The van der Waals surface area contributed by atoms with E-state index < -0.39 is 10.0 Å². The van der Waals surface area contributed by atoms with Crippen molar-refractivity contribution in [3.8, 4) is 0 Å². The van der Waals surface area contributed by atoms with Crippen LogP contribution >= 0.6 is 23.1 Å². The summed E-state index contributed by atoms with van der Waals surface area (Å²) < 4.78 is 30.0. The first-order valence-electron chi connectivity index (χ1n) is 7.64. The smallest absolute Gasteiger partial charge is 0.261 e. The lowest BCUT2D eigenvalue weighted by atomic mass is 10.1. The molecule has 24 heavy (non-hydrogen) atoms. The average molecular weight is 377 g/mol. The SMILES string of the molecule is CSc1nc2ccc(NS(=O)(=O)c3ccc4c(c3)CCC4)cc2s1. The first-order valence-corrected chi connectivity index (χ1v) is 11.2. The Bertz CT molecular complexity index is 1030. The monoisotopic (exact) mass is 376 g/mol. The second-order valence-electron chi connectivity index (χ2n) is 5.76. The fraction of sp³-hybridized carbons (Fsp3) is 0.235. The molecule has 0 aliphatic heterocycles. The number of thiazole rings is 1. The molecule has 1 aliphatic carbocycles. The summed E-state index contributed by atoms with van der Waals surface area (Å²) in [4.78, 5) is 4.80. The van der Waals surface area contributed by atoms with Crippen LogP contribution in [0.3, 0.4) is 0 Å². The van der Waals surface area contributed by atoms with Crippen LogP contribution in [-0.2, 0) is 22.9 Å². The van der Waals surface area contributed by atoms with Crippen LogP contribution in [0, 0.1) is 0 Å². The van der Waals surface area contributed by atoms with Crippen LogP contribution in [0.4, 0.5) is 5.69 Å². The van der Waals surface area contributed by atoms with Gasteiger partial charge in [-0.05, 0) is 67.0 Å². The summed E-state index contributed by atoms with van der Waals surface area (Å²) in [6.07, 6.45) is 5.09. The maximum Gasteiger partial charge on any atom is 0.261 e. The van der Waals surface area contributed by atoms with E-state index in [1.54, 1.807) is 35.2 Å². The van der Waals surface area contributed by atoms with Crippen LogP contribution < -0.4 is 4.72 Å². The van der Waals surface area contributed by atoms with Crippen LogP contribution in [-0.4, -0.2) is 19.7 Å². The highest BCUT2D eigenvalue weighted by Gasteiger charge is 2.19. The average Bonchev–Trinajstić information content (AvgIpc) is 3.19. The molecule has 0 radical (unpaired) electrons. The molecule has 0 saturated heterocycles. The summed E-state index contributed by atoms with van der Waals surface area (Å²) in [7, 11) is -3.57. The van der Waals surface area contributed by atoms with Gasteiger partial charge in [0.1, 0.15) is 0 Å². The van der Waals surface area contributed by atoms with E-state index in [-0.39, 0.29) is 0 Å². The maximum atomic E-state index is 12.7. The molecule has 7 heteroatoms. The fourth-order valence-corrected chi connectivity index (χ4v) is 5.61. The van der Waals surface area contributed by atoms with E-state index in [0.717, 1.165) is 39.4 Å². The van der Waals surface area contributed by atoms with Gasteiger partial charge in [-0.1, -0.05) is 17.8 Å². The molecule has 1 aliphatic rings. The number of aromatic nitrogens is 1. The number of fused-ring (bicyclic) bond motifs is 2. The molecule has 0 bridgehead atoms. The fourth-order valence-electron chi connectivity index (χ4n) is 2.98.